The fourth-order valence-electron chi connectivity index (χ4n) is 2.68. The van der Waals surface area contributed by atoms with Gasteiger partial charge in [-0.15, -0.1) is 0 Å². The van der Waals surface area contributed by atoms with Crippen LogP contribution < -0.4 is 10.9 Å². The third-order valence-electron chi connectivity index (χ3n) is 4.56. The molecule has 0 unspecified atom stereocenters. The molecule has 21 heteroatoms. The van der Waals surface area contributed by atoms with Gasteiger partial charge in [-0.1, -0.05) is 0 Å². The molecule has 49 heavy (non-hydrogen) atoms. The summed E-state index contributed by atoms with van der Waals surface area (Å²) < 4.78 is 28.7. The maximum absolute atomic E-state index is 11.6. The molecule has 264 valence electrons. The number of nitrogens with one attached hydrogen (secondary N) is 2. The Morgan fingerprint density at radius 1 is 0.653 bits per heavy atom. The Kier molecular flexibility index (Phi) is 19.7. The third-order valence-corrected chi connectivity index (χ3v) is 4.56. The summed E-state index contributed by atoms with van der Waals surface area (Å²) in [6.45, 7) is 0. The number of aromatic hydroxyl groups is 2. The van der Waals surface area contributed by atoms with Gasteiger partial charge in [0.25, 0.3) is 11.8 Å². The van der Waals surface area contributed by atoms with Crippen molar-refractivity contribution < 1.29 is 52.4 Å². The first kappa shape index (κ1) is 42.9. The van der Waals surface area contributed by atoms with Gasteiger partial charge in [-0.3, -0.25) is 38.2 Å². The summed E-state index contributed by atoms with van der Waals surface area (Å²) in [6.07, 6.45) is 8.84. The Hall–Kier alpha value is -6.06. The van der Waals surface area contributed by atoms with Crippen molar-refractivity contribution in [2.75, 3.05) is 25.0 Å². The number of hydrazone groups is 2. The number of carbonyl (C=O) groups is 2. The highest BCUT2D eigenvalue weighted by Crippen LogP contribution is 2.15. The minimum Gasteiger partial charge on any atom is -0.508 e. The topological polar surface area (TPSA) is 302 Å². The lowest BCUT2D eigenvalue weighted by Gasteiger charge is -1.99. The van der Waals surface area contributed by atoms with Crippen molar-refractivity contribution in [1.82, 2.24) is 10.9 Å². The quantitative estimate of drug-likeness (QED) is 0.116. The standard InChI is InChI=1S/2C12H9N3O5.2C2H6OS.H2O/c2*16-9-3-1-8(2-4-9)12(17)14-13-7-10-5-6-11(20-10)15(18)19;2*1-4(2)3;/h2*1-7,16H,(H,14,17);2*1-2H3;1H2/b2*13-7+;;;. The molecule has 0 aliphatic rings. The Balaban J connectivity index is 0.000000759. The number of rotatable bonds is 8. The predicted molar refractivity (Wildman–Crippen MR) is 181 cm³/mol. The molecule has 4 rings (SSSR count). The van der Waals surface area contributed by atoms with Gasteiger partial charge in [0.15, 0.2) is 11.5 Å². The van der Waals surface area contributed by atoms with E-state index < -0.39 is 55.0 Å². The zero-order chi connectivity index (χ0) is 36.2. The van der Waals surface area contributed by atoms with Crippen molar-refractivity contribution in [3.8, 4) is 11.5 Å². The maximum Gasteiger partial charge on any atom is 0.433 e. The first-order chi connectivity index (χ1) is 22.6. The first-order valence-corrected chi connectivity index (χ1v) is 16.8. The summed E-state index contributed by atoms with van der Waals surface area (Å²) in [6, 6.07) is 16.3. The van der Waals surface area contributed by atoms with E-state index in [4.69, 9.17) is 19.0 Å². The maximum atomic E-state index is 11.6. The van der Waals surface area contributed by atoms with Crippen molar-refractivity contribution >= 4 is 57.6 Å². The molecule has 0 bridgehead atoms. The Morgan fingerprint density at radius 3 is 1.18 bits per heavy atom. The number of benzene rings is 2. The minimum atomic E-state index is -0.674. The molecule has 2 heterocycles. The smallest absolute Gasteiger partial charge is 0.433 e. The molecule has 0 aliphatic carbocycles. The molecule has 6 N–H and O–H groups in total. The molecule has 4 aromatic rings. The molecule has 0 saturated heterocycles. The monoisotopic (exact) mass is 724 g/mol. The number of furan rings is 2. The largest absolute Gasteiger partial charge is 0.508 e. The molecule has 19 nitrogen and oxygen atoms in total. The van der Waals surface area contributed by atoms with Crippen LogP contribution in [-0.4, -0.2) is 83.2 Å². The predicted octanol–water partition coefficient (Wildman–Crippen LogP) is 2.48. The summed E-state index contributed by atoms with van der Waals surface area (Å²) in [5.41, 5.74) is 5.07. The summed E-state index contributed by atoms with van der Waals surface area (Å²) in [5, 5.41) is 46.2. The fourth-order valence-corrected chi connectivity index (χ4v) is 2.68. The van der Waals surface area contributed by atoms with Crippen LogP contribution in [0.2, 0.25) is 0 Å². The number of nitrogens with zero attached hydrogens (tertiary/aromatic N) is 4. The van der Waals surface area contributed by atoms with Crippen LogP contribution in [0.5, 0.6) is 11.5 Å². The van der Waals surface area contributed by atoms with Gasteiger partial charge < -0.3 is 24.5 Å². The van der Waals surface area contributed by atoms with Crippen LogP contribution in [0.25, 0.3) is 0 Å². The van der Waals surface area contributed by atoms with E-state index in [9.17, 15) is 38.2 Å². The number of amides is 2. The van der Waals surface area contributed by atoms with Crippen LogP contribution >= 0.6 is 0 Å². The highest BCUT2D eigenvalue weighted by molar-refractivity contribution is 7.83. The molecule has 2 aromatic carbocycles. The molecule has 2 amide bonds. The number of hydrogen-bond donors (Lipinski definition) is 4. The van der Waals surface area contributed by atoms with Gasteiger partial charge in [-0.05, 0) is 60.7 Å². The number of carbonyl (C=O) groups excluding carboxylic acids is 2. The van der Waals surface area contributed by atoms with Crippen LogP contribution in [0.4, 0.5) is 11.8 Å². The van der Waals surface area contributed by atoms with E-state index in [1.54, 1.807) is 25.0 Å². The number of phenols is 2. The van der Waals surface area contributed by atoms with E-state index in [0.29, 0.717) is 11.1 Å². The average molecular weight is 725 g/mol. The number of nitro groups is 2. The average Bonchev–Trinajstić information content (AvgIpc) is 3.68. The normalized spacial score (nSPS) is 10.1. The molecule has 0 saturated carbocycles. The molecule has 0 fully saturated rings. The van der Waals surface area contributed by atoms with E-state index in [0.717, 1.165) is 12.4 Å². The lowest BCUT2D eigenvalue weighted by atomic mass is 10.2. The van der Waals surface area contributed by atoms with E-state index in [1.165, 1.54) is 72.8 Å². The van der Waals surface area contributed by atoms with Gasteiger partial charge in [0.05, 0.1) is 24.6 Å². The fraction of sp³-hybridized carbons (Fsp3) is 0.143. The van der Waals surface area contributed by atoms with Crippen molar-refractivity contribution in [2.24, 2.45) is 10.2 Å². The second-order valence-electron chi connectivity index (χ2n) is 8.84. The molecule has 0 aliphatic heterocycles. The van der Waals surface area contributed by atoms with Gasteiger partial charge in [-0.2, -0.15) is 10.2 Å². The summed E-state index contributed by atoms with van der Waals surface area (Å²) >= 11 is 0. The SMILES string of the molecule is CS(C)=O.CS(C)=O.O.O=C(N/N=C/c1ccc([N+](=O)[O-])o1)c1ccc(O)cc1.O=C(N/N=C/c1ccc([N+](=O)[O-])o1)c1ccc(O)cc1. The molecular weight excluding hydrogens is 692 g/mol. The zero-order valence-electron chi connectivity index (χ0n) is 26.2. The molecular formula is C28H32N6O13S2. The van der Waals surface area contributed by atoms with Gasteiger partial charge in [-0.25, -0.2) is 10.9 Å². The zero-order valence-corrected chi connectivity index (χ0v) is 27.8. The summed E-state index contributed by atoms with van der Waals surface area (Å²) in [7, 11) is -1.22. The van der Waals surface area contributed by atoms with Crippen molar-refractivity contribution in [3.05, 3.63) is 116 Å². The van der Waals surface area contributed by atoms with E-state index in [1.807, 2.05) is 0 Å². The molecule has 0 radical (unpaired) electrons. The van der Waals surface area contributed by atoms with Crippen molar-refractivity contribution in [2.45, 2.75) is 0 Å². The van der Waals surface area contributed by atoms with E-state index >= 15 is 0 Å². The highest BCUT2D eigenvalue weighted by Gasteiger charge is 2.11. The van der Waals surface area contributed by atoms with Crippen LogP contribution in [0.3, 0.4) is 0 Å². The van der Waals surface area contributed by atoms with Crippen molar-refractivity contribution in [3.63, 3.8) is 0 Å². The minimum absolute atomic E-state index is 0. The first-order valence-electron chi connectivity index (χ1n) is 12.8. The van der Waals surface area contributed by atoms with Crippen LogP contribution in [0.15, 0.2) is 91.8 Å². The lowest BCUT2D eigenvalue weighted by molar-refractivity contribution is -0.402. The van der Waals surface area contributed by atoms with Gasteiger partial charge in [0.2, 0.25) is 0 Å². The van der Waals surface area contributed by atoms with Crippen molar-refractivity contribution in [1.29, 1.82) is 0 Å². The third kappa shape index (κ3) is 18.6. The van der Waals surface area contributed by atoms with Crippen LogP contribution in [-0.2, 0) is 21.6 Å². The molecule has 2 aromatic heterocycles. The second-order valence-corrected chi connectivity index (χ2v) is 11.8. The van der Waals surface area contributed by atoms with Crippen LogP contribution in [0, 0.1) is 20.2 Å². The second kappa shape index (κ2) is 22.5. The van der Waals surface area contributed by atoms with Gasteiger partial charge in [0.1, 0.15) is 21.3 Å². The van der Waals surface area contributed by atoms with Gasteiger partial charge >= 0.3 is 11.8 Å². The Labute approximate surface area is 282 Å². The molecule has 0 atom stereocenters. The van der Waals surface area contributed by atoms with E-state index in [2.05, 4.69) is 21.1 Å². The van der Waals surface area contributed by atoms with Crippen LogP contribution in [0.1, 0.15) is 32.2 Å². The van der Waals surface area contributed by atoms with Gasteiger partial charge in [0, 0.05) is 57.7 Å². The summed E-state index contributed by atoms with van der Waals surface area (Å²) in [5.74, 6) is -1.40. The Bertz CT molecular complexity index is 1630. The highest BCUT2D eigenvalue weighted by atomic mass is 32.2. The Morgan fingerprint density at radius 2 is 0.939 bits per heavy atom. The summed E-state index contributed by atoms with van der Waals surface area (Å²) in [4.78, 5) is 42.7. The number of hydrogen-bond acceptors (Lipinski definition) is 14. The number of phenolic OH excluding ortho intramolecular Hbond substituents is 2. The lowest BCUT2D eigenvalue weighted by Crippen LogP contribution is -2.17. The van der Waals surface area contributed by atoms with E-state index in [-0.39, 0.29) is 28.5 Å². The molecule has 0 spiro atoms.